The van der Waals surface area contributed by atoms with Crippen LogP contribution in [-0.2, 0) is 0 Å². The molecule has 2 heteroatoms. The van der Waals surface area contributed by atoms with Crippen molar-refractivity contribution in [2.75, 3.05) is 14.2 Å². The predicted octanol–water partition coefficient (Wildman–Crippen LogP) is 4.40. The largest absolute Gasteiger partial charge is 0.497 e. The highest BCUT2D eigenvalue weighted by atomic mass is 16.5. The van der Waals surface area contributed by atoms with Crippen LogP contribution in [0.3, 0.4) is 0 Å². The summed E-state index contributed by atoms with van der Waals surface area (Å²) >= 11 is 0. The van der Waals surface area contributed by atoms with E-state index in [-0.39, 0.29) is 0 Å². The summed E-state index contributed by atoms with van der Waals surface area (Å²) in [7, 11) is 3.34. The van der Waals surface area contributed by atoms with E-state index >= 15 is 0 Å². The molecule has 0 aliphatic carbocycles. The molecule has 0 fully saturated rings. The van der Waals surface area contributed by atoms with Crippen molar-refractivity contribution in [1.29, 1.82) is 0 Å². The fraction of sp³-hybridized carbons (Fsp3) is 0.222. The fourth-order valence-electron chi connectivity index (χ4n) is 1.61. The van der Waals surface area contributed by atoms with E-state index < -0.39 is 0 Å². The third-order valence-electron chi connectivity index (χ3n) is 2.68. The van der Waals surface area contributed by atoms with Crippen molar-refractivity contribution < 1.29 is 9.47 Å². The van der Waals surface area contributed by atoms with Crippen molar-refractivity contribution in [2.45, 2.75) is 13.3 Å². The van der Waals surface area contributed by atoms with Gasteiger partial charge in [0.1, 0.15) is 11.5 Å². The zero-order valence-corrected chi connectivity index (χ0v) is 12.2. The molecule has 0 aliphatic heterocycles. The Hall–Kier alpha value is -2.40. The predicted molar refractivity (Wildman–Crippen MR) is 84.1 cm³/mol. The standard InChI is InChI=1S/C14H14O2.C4H6/c1-15-13-7-3-5-11(9-13)12-6-4-8-14(10-12)16-2;1-3-4-2/h3-10H,1-2H3;1H,4H2,2H3. The number of benzene rings is 2. The molecule has 0 amide bonds. The van der Waals surface area contributed by atoms with Gasteiger partial charge < -0.3 is 9.47 Å². The van der Waals surface area contributed by atoms with Crippen molar-refractivity contribution >= 4 is 0 Å². The Balaban J connectivity index is 0.000000444. The van der Waals surface area contributed by atoms with E-state index in [0.29, 0.717) is 0 Å². The van der Waals surface area contributed by atoms with Gasteiger partial charge in [0.05, 0.1) is 14.2 Å². The molecule has 0 aliphatic rings. The van der Waals surface area contributed by atoms with Gasteiger partial charge in [-0.3, -0.25) is 0 Å². The normalized spacial score (nSPS) is 8.90. The van der Waals surface area contributed by atoms with E-state index in [0.717, 1.165) is 29.0 Å². The first kappa shape index (κ1) is 15.7. The van der Waals surface area contributed by atoms with Gasteiger partial charge in [0.15, 0.2) is 0 Å². The highest BCUT2D eigenvalue weighted by Crippen LogP contribution is 2.26. The molecule has 0 spiro atoms. The zero-order chi connectivity index (χ0) is 14.8. The summed E-state index contributed by atoms with van der Waals surface area (Å²) in [5.74, 6) is 4.15. The number of rotatable bonds is 3. The summed E-state index contributed by atoms with van der Waals surface area (Å²) < 4.78 is 10.4. The fourth-order valence-corrected chi connectivity index (χ4v) is 1.61. The molecule has 0 bridgehead atoms. The minimum Gasteiger partial charge on any atom is -0.497 e. The monoisotopic (exact) mass is 268 g/mol. The Morgan fingerprint density at radius 1 is 0.900 bits per heavy atom. The van der Waals surface area contributed by atoms with Gasteiger partial charge in [0.2, 0.25) is 0 Å². The summed E-state index contributed by atoms with van der Waals surface area (Å²) in [4.78, 5) is 0. The molecule has 20 heavy (non-hydrogen) atoms. The molecule has 0 N–H and O–H groups in total. The van der Waals surface area contributed by atoms with Gasteiger partial charge in [0, 0.05) is 6.42 Å². The van der Waals surface area contributed by atoms with E-state index in [2.05, 4.69) is 18.1 Å². The Bertz CT molecular complexity index is 522. The molecule has 0 atom stereocenters. The molecular formula is C18H20O2. The number of ether oxygens (including phenoxy) is 2. The number of hydrogen-bond donors (Lipinski definition) is 0. The lowest BCUT2D eigenvalue weighted by atomic mass is 10.1. The highest BCUT2D eigenvalue weighted by Gasteiger charge is 2.00. The van der Waals surface area contributed by atoms with Crippen molar-refractivity contribution in [3.8, 4) is 35.0 Å². The van der Waals surface area contributed by atoms with Crippen molar-refractivity contribution in [1.82, 2.24) is 0 Å². The maximum absolute atomic E-state index is 5.20. The SMILES string of the molecule is C#CCC.COc1cccc(-c2cccc(OC)c2)c1. The highest BCUT2D eigenvalue weighted by molar-refractivity contribution is 5.66. The van der Waals surface area contributed by atoms with E-state index in [9.17, 15) is 0 Å². The summed E-state index contributed by atoms with van der Waals surface area (Å²) in [6, 6.07) is 16.0. The van der Waals surface area contributed by atoms with Crippen LogP contribution in [0.5, 0.6) is 11.5 Å². The van der Waals surface area contributed by atoms with Gasteiger partial charge >= 0.3 is 0 Å². The molecule has 0 saturated heterocycles. The van der Waals surface area contributed by atoms with Crippen LogP contribution in [-0.4, -0.2) is 14.2 Å². The smallest absolute Gasteiger partial charge is 0.119 e. The molecule has 2 nitrogen and oxygen atoms in total. The van der Waals surface area contributed by atoms with Crippen molar-refractivity contribution in [3.63, 3.8) is 0 Å². The van der Waals surface area contributed by atoms with Crippen molar-refractivity contribution in [2.24, 2.45) is 0 Å². The average Bonchev–Trinajstić information content (AvgIpc) is 2.55. The quantitative estimate of drug-likeness (QED) is 0.768. The minimum atomic E-state index is 0.847. The maximum Gasteiger partial charge on any atom is 0.119 e. The summed E-state index contributed by atoms with van der Waals surface area (Å²) in [5, 5.41) is 0. The lowest BCUT2D eigenvalue weighted by Crippen LogP contribution is -1.85. The summed E-state index contributed by atoms with van der Waals surface area (Å²) in [6.07, 6.45) is 5.62. The Kier molecular flexibility index (Phi) is 6.78. The third kappa shape index (κ3) is 4.70. The van der Waals surface area contributed by atoms with E-state index in [1.807, 2.05) is 43.3 Å². The first-order valence-corrected chi connectivity index (χ1v) is 6.47. The van der Waals surface area contributed by atoms with Crippen molar-refractivity contribution in [3.05, 3.63) is 48.5 Å². The zero-order valence-electron chi connectivity index (χ0n) is 12.2. The van der Waals surface area contributed by atoms with Crippen LogP contribution in [0, 0.1) is 12.3 Å². The number of terminal acetylenes is 1. The van der Waals surface area contributed by atoms with Crippen LogP contribution in [0.25, 0.3) is 11.1 Å². The van der Waals surface area contributed by atoms with E-state index in [1.165, 1.54) is 0 Å². The Morgan fingerprint density at radius 3 is 1.60 bits per heavy atom. The average molecular weight is 268 g/mol. The van der Waals surface area contributed by atoms with E-state index in [1.54, 1.807) is 14.2 Å². The molecular weight excluding hydrogens is 248 g/mol. The molecule has 0 radical (unpaired) electrons. The topological polar surface area (TPSA) is 18.5 Å². The maximum atomic E-state index is 5.20. The van der Waals surface area contributed by atoms with Crippen LogP contribution >= 0.6 is 0 Å². The molecule has 0 aromatic heterocycles. The van der Waals surface area contributed by atoms with Gasteiger partial charge in [-0.2, -0.15) is 0 Å². The van der Waals surface area contributed by atoms with Gasteiger partial charge in [-0.1, -0.05) is 31.2 Å². The molecule has 2 rings (SSSR count). The molecule has 2 aromatic carbocycles. The molecule has 0 heterocycles. The third-order valence-corrected chi connectivity index (χ3v) is 2.68. The first-order chi connectivity index (χ1) is 9.74. The van der Waals surface area contributed by atoms with Crippen LogP contribution in [0.2, 0.25) is 0 Å². The van der Waals surface area contributed by atoms with Gasteiger partial charge in [-0.15, -0.1) is 12.3 Å². The van der Waals surface area contributed by atoms with Crippen LogP contribution in [0.15, 0.2) is 48.5 Å². The lowest BCUT2D eigenvalue weighted by molar-refractivity contribution is 0.414. The number of methoxy groups -OCH3 is 2. The summed E-state index contributed by atoms with van der Waals surface area (Å²) in [5.41, 5.74) is 2.25. The number of hydrogen-bond acceptors (Lipinski definition) is 2. The van der Waals surface area contributed by atoms with Crippen LogP contribution in [0.4, 0.5) is 0 Å². The Morgan fingerprint density at radius 2 is 1.30 bits per heavy atom. The molecule has 104 valence electrons. The first-order valence-electron chi connectivity index (χ1n) is 6.47. The summed E-state index contributed by atoms with van der Waals surface area (Å²) in [6.45, 7) is 1.94. The van der Waals surface area contributed by atoms with Crippen LogP contribution in [0.1, 0.15) is 13.3 Å². The van der Waals surface area contributed by atoms with Gasteiger partial charge in [-0.05, 0) is 35.4 Å². The van der Waals surface area contributed by atoms with Gasteiger partial charge in [-0.25, -0.2) is 0 Å². The van der Waals surface area contributed by atoms with Crippen LogP contribution < -0.4 is 9.47 Å². The molecule has 2 aromatic rings. The Labute approximate surface area is 121 Å². The second-order valence-electron chi connectivity index (χ2n) is 4.02. The van der Waals surface area contributed by atoms with Gasteiger partial charge in [0.25, 0.3) is 0 Å². The molecule has 0 saturated carbocycles. The minimum absolute atomic E-state index is 0.847. The van der Waals surface area contributed by atoms with E-state index in [4.69, 9.17) is 15.9 Å². The second kappa shape index (κ2) is 8.66. The lowest BCUT2D eigenvalue weighted by Gasteiger charge is -2.06. The molecule has 0 unspecified atom stereocenters. The second-order valence-corrected chi connectivity index (χ2v) is 4.02.